The van der Waals surface area contributed by atoms with Gasteiger partial charge >= 0.3 is 0 Å². The number of methoxy groups -OCH3 is 1. The lowest BCUT2D eigenvalue weighted by atomic mass is 10.1. The fraction of sp³-hybridized carbons (Fsp3) is 0.462. The lowest BCUT2D eigenvalue weighted by molar-refractivity contribution is -0.141. The van der Waals surface area contributed by atoms with E-state index in [1.807, 2.05) is 70.2 Å². The molecular weight excluding hydrogens is 420 g/mol. The third-order valence-electron chi connectivity index (χ3n) is 4.94. The Morgan fingerprint density at radius 3 is 2.38 bits per heavy atom. The Kier molecular flexibility index (Phi) is 10.1. The molecule has 0 aliphatic rings. The van der Waals surface area contributed by atoms with Gasteiger partial charge in [0, 0.05) is 30.0 Å². The number of carbonyl (C=O) groups is 2. The Hall–Kier alpha value is -2.47. The summed E-state index contributed by atoms with van der Waals surface area (Å²) in [6.07, 6.45) is 0.940. The van der Waals surface area contributed by atoms with Crippen LogP contribution in [-0.2, 0) is 21.9 Å². The summed E-state index contributed by atoms with van der Waals surface area (Å²) < 4.78 is 5.33. The molecule has 2 rings (SSSR count). The summed E-state index contributed by atoms with van der Waals surface area (Å²) in [5.41, 5.74) is 1.83. The first kappa shape index (κ1) is 25.8. The van der Waals surface area contributed by atoms with Crippen molar-refractivity contribution >= 4 is 23.6 Å². The number of nitrogens with zero attached hydrogens (tertiary/aromatic N) is 1. The van der Waals surface area contributed by atoms with Crippen molar-refractivity contribution in [2.45, 2.75) is 64.4 Å². The molecule has 0 aliphatic heterocycles. The zero-order valence-corrected chi connectivity index (χ0v) is 20.7. The molecule has 0 fully saturated rings. The highest BCUT2D eigenvalue weighted by Gasteiger charge is 2.30. The van der Waals surface area contributed by atoms with E-state index >= 15 is 0 Å². The second-order valence-electron chi connectivity index (χ2n) is 8.82. The van der Waals surface area contributed by atoms with Gasteiger partial charge in [-0.3, -0.25) is 9.59 Å². The van der Waals surface area contributed by atoms with E-state index in [1.54, 1.807) is 23.8 Å². The van der Waals surface area contributed by atoms with Crippen molar-refractivity contribution in [3.8, 4) is 5.75 Å². The van der Waals surface area contributed by atoms with Crippen molar-refractivity contribution in [2.24, 2.45) is 0 Å². The number of rotatable bonds is 11. The molecule has 0 bridgehead atoms. The number of amides is 2. The van der Waals surface area contributed by atoms with Crippen molar-refractivity contribution in [1.82, 2.24) is 10.2 Å². The Labute approximate surface area is 196 Å². The molecule has 174 valence electrons. The number of carbonyl (C=O) groups excluding carboxylic acids is 2. The quantitative estimate of drug-likeness (QED) is 0.481. The minimum absolute atomic E-state index is 0.00992. The lowest BCUT2D eigenvalue weighted by Crippen LogP contribution is -2.53. The fourth-order valence-corrected chi connectivity index (χ4v) is 4.30. The van der Waals surface area contributed by atoms with Gasteiger partial charge in [0.15, 0.2) is 0 Å². The van der Waals surface area contributed by atoms with Crippen molar-refractivity contribution in [1.29, 1.82) is 0 Å². The summed E-state index contributed by atoms with van der Waals surface area (Å²) in [6, 6.07) is 17.4. The van der Waals surface area contributed by atoms with Crippen LogP contribution in [-0.4, -0.2) is 41.2 Å². The SMILES string of the molecule is CC[C@@H](C(=O)NC(C)(C)C)N(Cc1cccc(OC)c1)C(=O)CCSCc1ccccc1. The van der Waals surface area contributed by atoms with Gasteiger partial charge in [-0.25, -0.2) is 0 Å². The van der Waals surface area contributed by atoms with Crippen LogP contribution >= 0.6 is 11.8 Å². The minimum Gasteiger partial charge on any atom is -0.497 e. The Balaban J connectivity index is 2.11. The monoisotopic (exact) mass is 456 g/mol. The Bertz CT molecular complexity index is 865. The third kappa shape index (κ3) is 8.58. The van der Waals surface area contributed by atoms with Gasteiger partial charge in [0.1, 0.15) is 11.8 Å². The molecule has 0 aromatic heterocycles. The highest BCUT2D eigenvalue weighted by atomic mass is 32.2. The normalized spacial score (nSPS) is 12.2. The molecule has 1 N–H and O–H groups in total. The van der Waals surface area contributed by atoms with Crippen LogP contribution in [0.4, 0.5) is 0 Å². The van der Waals surface area contributed by atoms with E-state index < -0.39 is 6.04 Å². The van der Waals surface area contributed by atoms with Gasteiger partial charge in [-0.05, 0) is 50.5 Å². The molecule has 2 amide bonds. The predicted octanol–water partition coefficient (Wildman–Crippen LogP) is 5.04. The van der Waals surface area contributed by atoms with Crippen LogP contribution in [0.1, 0.15) is 51.7 Å². The fourth-order valence-electron chi connectivity index (χ4n) is 3.41. The predicted molar refractivity (Wildman–Crippen MR) is 133 cm³/mol. The number of ether oxygens (including phenoxy) is 1. The molecule has 0 aliphatic carbocycles. The van der Waals surface area contributed by atoms with Crippen LogP contribution in [0.25, 0.3) is 0 Å². The molecule has 0 heterocycles. The van der Waals surface area contributed by atoms with Crippen molar-refractivity contribution in [2.75, 3.05) is 12.9 Å². The van der Waals surface area contributed by atoms with Gasteiger partial charge in [-0.2, -0.15) is 11.8 Å². The van der Waals surface area contributed by atoms with E-state index in [9.17, 15) is 9.59 Å². The van der Waals surface area contributed by atoms with E-state index in [0.717, 1.165) is 17.1 Å². The summed E-state index contributed by atoms with van der Waals surface area (Å²) in [4.78, 5) is 28.0. The second kappa shape index (κ2) is 12.5. The van der Waals surface area contributed by atoms with Gasteiger partial charge in [-0.1, -0.05) is 49.4 Å². The molecule has 1 atom stereocenters. The van der Waals surface area contributed by atoms with E-state index in [2.05, 4.69) is 17.4 Å². The molecule has 2 aromatic carbocycles. The number of hydrogen-bond acceptors (Lipinski definition) is 4. The molecule has 0 saturated heterocycles. The molecular formula is C26H36N2O3S. The van der Waals surface area contributed by atoms with E-state index in [1.165, 1.54) is 5.56 Å². The topological polar surface area (TPSA) is 58.6 Å². The Morgan fingerprint density at radius 2 is 1.75 bits per heavy atom. The van der Waals surface area contributed by atoms with E-state index in [0.29, 0.717) is 25.1 Å². The average Bonchev–Trinajstić information content (AvgIpc) is 2.76. The van der Waals surface area contributed by atoms with Gasteiger partial charge in [0.2, 0.25) is 11.8 Å². The molecule has 5 nitrogen and oxygen atoms in total. The van der Waals surface area contributed by atoms with Crippen LogP contribution in [0.5, 0.6) is 5.75 Å². The zero-order valence-electron chi connectivity index (χ0n) is 19.9. The van der Waals surface area contributed by atoms with E-state index in [4.69, 9.17) is 4.74 Å². The average molecular weight is 457 g/mol. The third-order valence-corrected chi connectivity index (χ3v) is 5.97. The van der Waals surface area contributed by atoms with Crippen molar-refractivity contribution in [3.63, 3.8) is 0 Å². The molecule has 32 heavy (non-hydrogen) atoms. The molecule has 6 heteroatoms. The number of thioether (sulfide) groups is 1. The molecule has 0 unspecified atom stereocenters. The molecule has 0 saturated carbocycles. The first-order chi connectivity index (χ1) is 15.2. The number of benzene rings is 2. The summed E-state index contributed by atoms with van der Waals surface area (Å²) in [5, 5.41) is 3.04. The van der Waals surface area contributed by atoms with Crippen LogP contribution in [0.15, 0.2) is 54.6 Å². The van der Waals surface area contributed by atoms with Gasteiger partial charge < -0.3 is 15.0 Å². The molecule has 2 aromatic rings. The smallest absolute Gasteiger partial charge is 0.243 e. The first-order valence-corrected chi connectivity index (χ1v) is 12.2. The van der Waals surface area contributed by atoms with Crippen LogP contribution in [0.2, 0.25) is 0 Å². The number of hydrogen-bond donors (Lipinski definition) is 1. The highest BCUT2D eigenvalue weighted by molar-refractivity contribution is 7.98. The lowest BCUT2D eigenvalue weighted by Gasteiger charge is -2.33. The minimum atomic E-state index is -0.521. The summed E-state index contributed by atoms with van der Waals surface area (Å²) in [7, 11) is 1.62. The first-order valence-electron chi connectivity index (χ1n) is 11.1. The standard InChI is InChI=1S/C26H36N2O3S/c1-6-23(25(30)27-26(2,3)4)28(18-21-13-10-14-22(17-21)31-5)24(29)15-16-32-19-20-11-8-7-9-12-20/h7-14,17,23H,6,15-16,18-19H2,1-5H3,(H,27,30)/t23-/m0/s1. The molecule has 0 radical (unpaired) electrons. The summed E-state index contributed by atoms with van der Waals surface area (Å²) in [5.74, 6) is 2.18. The maximum absolute atomic E-state index is 13.3. The zero-order chi connectivity index (χ0) is 23.6. The van der Waals surface area contributed by atoms with Crippen molar-refractivity contribution < 1.29 is 14.3 Å². The molecule has 0 spiro atoms. The maximum atomic E-state index is 13.3. The van der Waals surface area contributed by atoms with Gasteiger partial charge in [-0.15, -0.1) is 0 Å². The van der Waals surface area contributed by atoms with Crippen LogP contribution in [0, 0.1) is 0 Å². The Morgan fingerprint density at radius 1 is 1.06 bits per heavy atom. The number of nitrogens with one attached hydrogen (secondary N) is 1. The largest absolute Gasteiger partial charge is 0.497 e. The maximum Gasteiger partial charge on any atom is 0.243 e. The van der Waals surface area contributed by atoms with Crippen LogP contribution in [0.3, 0.4) is 0 Å². The van der Waals surface area contributed by atoms with Crippen molar-refractivity contribution in [3.05, 3.63) is 65.7 Å². The van der Waals surface area contributed by atoms with Gasteiger partial charge in [0.25, 0.3) is 0 Å². The summed E-state index contributed by atoms with van der Waals surface area (Å²) in [6.45, 7) is 8.17. The van der Waals surface area contributed by atoms with Gasteiger partial charge in [0.05, 0.1) is 7.11 Å². The highest BCUT2D eigenvalue weighted by Crippen LogP contribution is 2.20. The summed E-state index contributed by atoms with van der Waals surface area (Å²) >= 11 is 1.73. The van der Waals surface area contributed by atoms with E-state index in [-0.39, 0.29) is 17.4 Å². The van der Waals surface area contributed by atoms with Crippen LogP contribution < -0.4 is 10.1 Å². The second-order valence-corrected chi connectivity index (χ2v) is 9.93.